The molecule has 2 fully saturated rings. The number of thiol groups is 1. The molecule has 0 saturated carbocycles. The number of hydrogen-bond donors (Lipinski definition) is 5. The van der Waals surface area contributed by atoms with Crippen molar-refractivity contribution in [1.29, 1.82) is 1.12 Å². The monoisotopic (exact) mass is 320 g/mol. The molecule has 0 radical (unpaired) electrons. The summed E-state index contributed by atoms with van der Waals surface area (Å²) in [7, 11) is 0. The molecule has 9 heteroatoms. The van der Waals surface area contributed by atoms with Crippen molar-refractivity contribution in [3.05, 3.63) is 12.3 Å². The number of carbonyl (C=O) groups excluding carboxylic acids is 2. The Hall–Kier alpha value is -1.29. The van der Waals surface area contributed by atoms with Crippen LogP contribution >= 0.6 is 12.5 Å². The molecule has 2 aliphatic heterocycles. The summed E-state index contributed by atoms with van der Waals surface area (Å²) < 4.78 is 11.9. The topological polar surface area (TPSA) is 119 Å². The first-order chi connectivity index (χ1) is 10.4. The van der Waals surface area contributed by atoms with Gasteiger partial charge in [0.15, 0.2) is 0 Å². The number of aliphatic hydroxyl groups excluding tert-OH is 3. The van der Waals surface area contributed by atoms with Crippen LogP contribution in [0.3, 0.4) is 0 Å². The van der Waals surface area contributed by atoms with E-state index in [0.29, 0.717) is 0 Å². The standard InChI is InChI=1S/C12H18N2O6S/c1-5-12(19)14-6(4-20-7(15)2-3-21)8(16)9(17)10(18)11(14)13-5/h6,8-11,13,16-18,21H,1-4H2/t6-,8-,9+,10+,11+/m1/s1/i/hT. The molecule has 2 aliphatic rings. The average molecular weight is 320 g/mol. The lowest BCUT2D eigenvalue weighted by Gasteiger charge is -2.44. The van der Waals surface area contributed by atoms with Gasteiger partial charge in [-0.3, -0.25) is 9.59 Å². The van der Waals surface area contributed by atoms with Gasteiger partial charge in [-0.05, 0) is 0 Å². The van der Waals surface area contributed by atoms with Crippen LogP contribution in [0.5, 0.6) is 0 Å². The maximum atomic E-state index is 12.1. The van der Waals surface area contributed by atoms with Crippen LogP contribution in [0, 0.1) is 0 Å². The number of aliphatic hydroxyl groups is 3. The van der Waals surface area contributed by atoms with Crippen LogP contribution < -0.4 is 5.32 Å². The van der Waals surface area contributed by atoms with Crippen LogP contribution in [0.2, 0.25) is 0 Å². The van der Waals surface area contributed by atoms with E-state index in [4.69, 9.17) is 5.86 Å². The summed E-state index contributed by atoms with van der Waals surface area (Å²) in [5, 5.41) is 32.5. The first-order valence-electron chi connectivity index (χ1n) is 6.85. The van der Waals surface area contributed by atoms with Crippen molar-refractivity contribution >= 4 is 24.4 Å². The minimum Gasteiger partial charge on any atom is -0.463 e. The van der Waals surface area contributed by atoms with Crippen LogP contribution in [-0.4, -0.2) is 76.1 Å². The second kappa shape index (κ2) is 6.22. The van der Waals surface area contributed by atoms with Gasteiger partial charge in [-0.2, -0.15) is 12.5 Å². The first-order valence-corrected chi connectivity index (χ1v) is 7.02. The van der Waals surface area contributed by atoms with Crippen molar-refractivity contribution in [2.24, 2.45) is 0 Å². The molecular formula is C12H18N2O6S. The van der Waals surface area contributed by atoms with Gasteiger partial charge in [0.25, 0.3) is 5.91 Å². The summed E-state index contributed by atoms with van der Waals surface area (Å²) in [5.74, 6) is -0.822. The summed E-state index contributed by atoms with van der Waals surface area (Å²) in [6.45, 7) is 3.19. The number of nitrogens with zero attached hydrogens (tertiary/aromatic N) is 1. The second-order valence-electron chi connectivity index (χ2n) is 4.96. The molecule has 118 valence electrons. The smallest absolute Gasteiger partial charge is 0.306 e. The molecule has 21 heavy (non-hydrogen) atoms. The Kier molecular flexibility index (Phi) is 4.34. The van der Waals surface area contributed by atoms with Gasteiger partial charge in [0, 0.05) is 5.75 Å². The third-order valence-corrected chi connectivity index (χ3v) is 3.81. The van der Waals surface area contributed by atoms with Crippen molar-refractivity contribution in [3.8, 4) is 0 Å². The lowest BCUT2D eigenvalue weighted by atomic mass is 9.92. The van der Waals surface area contributed by atoms with Crippen LogP contribution in [0.4, 0.5) is 0 Å². The lowest BCUT2D eigenvalue weighted by Crippen LogP contribution is -2.68. The Morgan fingerprint density at radius 3 is 2.81 bits per heavy atom. The molecule has 0 aromatic heterocycles. The molecule has 0 bridgehead atoms. The number of nitrogens with one attached hydrogen (secondary N) is 1. The summed E-state index contributed by atoms with van der Waals surface area (Å²) in [6.07, 6.45) is -5.22. The van der Waals surface area contributed by atoms with Crippen LogP contribution in [0.15, 0.2) is 12.3 Å². The Labute approximate surface area is 127 Å². The van der Waals surface area contributed by atoms with Crippen molar-refractivity contribution in [2.45, 2.75) is 36.9 Å². The lowest BCUT2D eigenvalue weighted by molar-refractivity contribution is -0.181. The highest BCUT2D eigenvalue weighted by atomic mass is 32.1. The number of rotatable bonds is 5. The summed E-state index contributed by atoms with van der Waals surface area (Å²) in [6, 6.07) is -0.991. The van der Waals surface area contributed by atoms with E-state index in [1.807, 2.05) is 0 Å². The largest absolute Gasteiger partial charge is 0.463 e. The van der Waals surface area contributed by atoms with Crippen LogP contribution in [-0.2, 0) is 14.3 Å². The van der Waals surface area contributed by atoms with Gasteiger partial charge in [0.05, 0.1) is 18.2 Å². The maximum Gasteiger partial charge on any atom is 0.306 e. The van der Waals surface area contributed by atoms with Crippen molar-refractivity contribution in [3.63, 3.8) is 0 Å². The molecule has 0 aromatic carbocycles. The van der Waals surface area contributed by atoms with E-state index >= 15 is 0 Å². The molecule has 1 amide bonds. The second-order valence-corrected chi connectivity index (χ2v) is 5.36. The fourth-order valence-electron chi connectivity index (χ4n) is 2.49. The van der Waals surface area contributed by atoms with Gasteiger partial charge in [0.1, 0.15) is 32.2 Å². The SMILES string of the molecule is [3H]SCCC(=O)OC[C@@H]1[C@@H](O)[C@H](O)[C@H](O)[C@H]2NC(=C)C(=O)N12. The van der Waals surface area contributed by atoms with E-state index in [0.717, 1.165) is 17.4 Å². The molecule has 2 rings (SSSR count). The molecule has 0 aromatic rings. The fraction of sp³-hybridized carbons (Fsp3) is 0.667. The molecule has 2 heterocycles. The zero-order chi connectivity index (χ0) is 16.4. The van der Waals surface area contributed by atoms with E-state index in [1.165, 1.54) is 0 Å². The quantitative estimate of drug-likeness (QED) is 0.217. The molecular weight excluding hydrogens is 300 g/mol. The Morgan fingerprint density at radius 1 is 1.43 bits per heavy atom. The van der Waals surface area contributed by atoms with E-state index in [9.17, 15) is 24.9 Å². The number of esters is 1. The highest BCUT2D eigenvalue weighted by molar-refractivity contribution is 7.80. The number of piperidine rings is 1. The van der Waals surface area contributed by atoms with Gasteiger partial charge in [-0.25, -0.2) is 0 Å². The number of amides is 1. The predicted molar refractivity (Wildman–Crippen MR) is 74.1 cm³/mol. The number of carbonyl (C=O) groups is 2. The molecule has 0 unspecified atom stereocenters. The molecule has 2 saturated heterocycles. The maximum absolute atomic E-state index is 12.1. The molecule has 8 nitrogen and oxygen atoms in total. The first kappa shape index (κ1) is 14.6. The molecule has 0 spiro atoms. The minimum absolute atomic E-state index is 0.0322. The highest BCUT2D eigenvalue weighted by Crippen LogP contribution is 2.29. The van der Waals surface area contributed by atoms with E-state index in [1.54, 1.807) is 0 Å². The van der Waals surface area contributed by atoms with Crippen molar-refractivity contribution in [1.82, 2.24) is 10.2 Å². The zero-order valence-electron chi connectivity index (χ0n) is 12.1. The van der Waals surface area contributed by atoms with Crippen molar-refractivity contribution in [2.75, 3.05) is 12.4 Å². The Balaban J connectivity index is 2.08. The van der Waals surface area contributed by atoms with Gasteiger partial charge in [-0.15, -0.1) is 0 Å². The third kappa shape index (κ3) is 2.86. The summed E-state index contributed by atoms with van der Waals surface area (Å²) in [4.78, 5) is 24.7. The number of hydrogen-bond acceptors (Lipinski definition) is 8. The van der Waals surface area contributed by atoms with Crippen LogP contribution in [0.1, 0.15) is 6.42 Å². The normalized spacial score (nSPS) is 36.0. The summed E-state index contributed by atoms with van der Waals surface area (Å²) >= 11 is 0.749. The van der Waals surface area contributed by atoms with Crippen molar-refractivity contribution < 1.29 is 29.6 Å². The van der Waals surface area contributed by atoms with Crippen LogP contribution in [0.25, 0.3) is 0 Å². The predicted octanol–water partition coefficient (Wildman–Crippen LogP) is -2.41. The van der Waals surface area contributed by atoms with E-state index in [-0.39, 0.29) is 24.5 Å². The van der Waals surface area contributed by atoms with E-state index < -0.39 is 42.4 Å². The molecule has 0 aliphatic carbocycles. The van der Waals surface area contributed by atoms with Gasteiger partial charge >= 0.3 is 5.97 Å². The molecule has 5 atom stereocenters. The zero-order valence-corrected chi connectivity index (χ0v) is 12.0. The fourth-order valence-corrected chi connectivity index (χ4v) is 2.66. The minimum atomic E-state index is -1.49. The summed E-state index contributed by atoms with van der Waals surface area (Å²) in [5.41, 5.74) is 0.0345. The average Bonchev–Trinajstić information content (AvgIpc) is 2.79. The highest BCUT2D eigenvalue weighted by Gasteiger charge is 2.53. The third-order valence-electron chi connectivity index (χ3n) is 3.61. The Bertz CT molecular complexity index is 479. The van der Waals surface area contributed by atoms with Gasteiger partial charge in [0.2, 0.25) is 0 Å². The van der Waals surface area contributed by atoms with Gasteiger partial charge in [-0.1, -0.05) is 6.58 Å². The Morgan fingerprint density at radius 2 is 2.14 bits per heavy atom. The van der Waals surface area contributed by atoms with Gasteiger partial charge < -0.3 is 30.3 Å². The number of fused-ring (bicyclic) bond motifs is 1. The van der Waals surface area contributed by atoms with E-state index in [2.05, 4.69) is 11.9 Å². The molecule has 4 N–H and O–H groups in total. The number of ether oxygens (including phenoxy) is 1.